The van der Waals surface area contributed by atoms with E-state index in [4.69, 9.17) is 11.6 Å². The van der Waals surface area contributed by atoms with Gasteiger partial charge in [0.1, 0.15) is 11.9 Å². The minimum atomic E-state index is -0.782. The zero-order chi connectivity index (χ0) is 13.8. The van der Waals surface area contributed by atoms with Crippen LogP contribution in [0.1, 0.15) is 31.2 Å². The van der Waals surface area contributed by atoms with Gasteiger partial charge in [-0.1, -0.05) is 30.5 Å². The lowest BCUT2D eigenvalue weighted by Crippen LogP contribution is -2.40. The van der Waals surface area contributed by atoms with Crippen LogP contribution in [0.15, 0.2) is 18.2 Å². The van der Waals surface area contributed by atoms with E-state index in [1.165, 1.54) is 6.07 Å². The first kappa shape index (κ1) is 14.3. The van der Waals surface area contributed by atoms with Gasteiger partial charge < -0.3 is 5.11 Å². The van der Waals surface area contributed by atoms with Gasteiger partial charge in [0, 0.05) is 6.54 Å². The average molecular weight is 286 g/mol. The lowest BCUT2D eigenvalue weighted by atomic mass is 10.1. The summed E-state index contributed by atoms with van der Waals surface area (Å²) in [6.45, 7) is 1.25. The molecule has 3 nitrogen and oxygen atoms in total. The molecule has 0 aliphatic carbocycles. The number of nitrogens with zero attached hydrogens (tertiary/aromatic N) is 1. The largest absolute Gasteiger partial charge is 0.480 e. The number of carbonyl (C=O) groups is 1. The molecular formula is C14H17ClFNO2. The Morgan fingerprint density at radius 3 is 2.89 bits per heavy atom. The van der Waals surface area contributed by atoms with Crippen LogP contribution in [0.4, 0.5) is 4.39 Å². The number of rotatable bonds is 3. The highest BCUT2D eigenvalue weighted by Crippen LogP contribution is 2.22. The summed E-state index contributed by atoms with van der Waals surface area (Å²) in [6.07, 6.45) is 3.67. The third-order valence-corrected chi connectivity index (χ3v) is 3.81. The highest BCUT2D eigenvalue weighted by molar-refractivity contribution is 6.30. The Kier molecular flexibility index (Phi) is 4.77. The molecule has 0 spiro atoms. The van der Waals surface area contributed by atoms with Crippen LogP contribution in [0.25, 0.3) is 0 Å². The molecule has 0 amide bonds. The maximum Gasteiger partial charge on any atom is 0.320 e. The molecule has 1 N–H and O–H groups in total. The van der Waals surface area contributed by atoms with Crippen LogP contribution >= 0.6 is 11.6 Å². The molecule has 1 atom stereocenters. The van der Waals surface area contributed by atoms with Gasteiger partial charge >= 0.3 is 5.97 Å². The van der Waals surface area contributed by atoms with Gasteiger partial charge in [-0.15, -0.1) is 0 Å². The van der Waals surface area contributed by atoms with Gasteiger partial charge in [0.05, 0.1) is 5.02 Å². The first-order valence-corrected chi connectivity index (χ1v) is 6.86. The number of benzene rings is 1. The Bertz CT molecular complexity index is 467. The van der Waals surface area contributed by atoms with E-state index in [0.717, 1.165) is 31.4 Å². The van der Waals surface area contributed by atoms with E-state index < -0.39 is 17.8 Å². The van der Waals surface area contributed by atoms with Crippen LogP contribution in [0.3, 0.4) is 0 Å². The summed E-state index contributed by atoms with van der Waals surface area (Å²) in [6, 6.07) is 4.10. The smallest absolute Gasteiger partial charge is 0.320 e. The van der Waals surface area contributed by atoms with Crippen molar-refractivity contribution in [2.75, 3.05) is 6.54 Å². The van der Waals surface area contributed by atoms with Crippen molar-refractivity contribution >= 4 is 17.6 Å². The minimum Gasteiger partial charge on any atom is -0.480 e. The molecule has 5 heteroatoms. The summed E-state index contributed by atoms with van der Waals surface area (Å²) >= 11 is 5.75. The topological polar surface area (TPSA) is 40.5 Å². The summed E-state index contributed by atoms with van der Waals surface area (Å²) in [4.78, 5) is 13.2. The summed E-state index contributed by atoms with van der Waals surface area (Å²) in [5.41, 5.74) is 0.847. The first-order chi connectivity index (χ1) is 9.08. The van der Waals surface area contributed by atoms with E-state index in [1.807, 2.05) is 4.90 Å². The molecule has 1 aromatic carbocycles. The predicted molar refractivity (Wildman–Crippen MR) is 71.7 cm³/mol. The molecule has 0 radical (unpaired) electrons. The zero-order valence-electron chi connectivity index (χ0n) is 10.6. The summed E-state index contributed by atoms with van der Waals surface area (Å²) in [5, 5.41) is 9.37. The number of hydrogen-bond donors (Lipinski definition) is 1. The van der Waals surface area contributed by atoms with E-state index in [1.54, 1.807) is 12.1 Å². The van der Waals surface area contributed by atoms with Gasteiger partial charge in [-0.05, 0) is 37.1 Å². The second-order valence-electron chi connectivity index (χ2n) is 4.92. The van der Waals surface area contributed by atoms with Crippen molar-refractivity contribution in [3.63, 3.8) is 0 Å². The fourth-order valence-corrected chi connectivity index (χ4v) is 2.71. The molecule has 0 aromatic heterocycles. The third kappa shape index (κ3) is 3.67. The fraction of sp³-hybridized carbons (Fsp3) is 0.500. The van der Waals surface area contributed by atoms with E-state index in [0.29, 0.717) is 13.0 Å². The lowest BCUT2D eigenvalue weighted by Gasteiger charge is -2.26. The normalized spacial score (nSPS) is 21.1. The number of aliphatic carboxylic acids is 1. The molecule has 1 aliphatic heterocycles. The molecule has 104 valence electrons. The second kappa shape index (κ2) is 6.35. The van der Waals surface area contributed by atoms with Crippen molar-refractivity contribution in [2.24, 2.45) is 0 Å². The summed E-state index contributed by atoms with van der Waals surface area (Å²) in [5.74, 6) is -1.23. The molecule has 1 heterocycles. The summed E-state index contributed by atoms with van der Waals surface area (Å²) in [7, 11) is 0. The maximum atomic E-state index is 13.1. The quantitative estimate of drug-likeness (QED) is 0.926. The predicted octanol–water partition coefficient (Wildman–Crippen LogP) is 3.31. The van der Waals surface area contributed by atoms with Gasteiger partial charge in [-0.25, -0.2) is 4.39 Å². The number of likely N-dealkylation sites (tertiary alicyclic amines) is 1. The van der Waals surface area contributed by atoms with Crippen molar-refractivity contribution in [3.8, 4) is 0 Å². The van der Waals surface area contributed by atoms with Crippen molar-refractivity contribution in [3.05, 3.63) is 34.6 Å². The van der Waals surface area contributed by atoms with E-state index in [2.05, 4.69) is 0 Å². The molecule has 1 fully saturated rings. The van der Waals surface area contributed by atoms with Crippen LogP contribution < -0.4 is 0 Å². The van der Waals surface area contributed by atoms with Gasteiger partial charge in [-0.2, -0.15) is 0 Å². The molecule has 1 unspecified atom stereocenters. The SMILES string of the molecule is O=C(O)C1CCCCCN1Cc1ccc(F)c(Cl)c1. The standard InChI is InChI=1S/C14H17ClFNO2/c15-11-8-10(5-6-12(11)16)9-17-7-3-1-2-4-13(17)14(18)19/h5-6,8,13H,1-4,7,9H2,(H,18,19). The van der Waals surface area contributed by atoms with Gasteiger partial charge in [0.15, 0.2) is 0 Å². The van der Waals surface area contributed by atoms with Crippen molar-refractivity contribution in [2.45, 2.75) is 38.3 Å². The van der Waals surface area contributed by atoms with Gasteiger partial charge in [-0.3, -0.25) is 9.69 Å². The van der Waals surface area contributed by atoms with Crippen LogP contribution in [0.5, 0.6) is 0 Å². The molecule has 1 saturated heterocycles. The van der Waals surface area contributed by atoms with Crippen molar-refractivity contribution in [1.82, 2.24) is 4.90 Å². The summed E-state index contributed by atoms with van der Waals surface area (Å²) < 4.78 is 13.1. The number of hydrogen-bond acceptors (Lipinski definition) is 2. The van der Waals surface area contributed by atoms with E-state index in [9.17, 15) is 14.3 Å². The van der Waals surface area contributed by atoms with Gasteiger partial charge in [0.25, 0.3) is 0 Å². The average Bonchev–Trinajstić information content (AvgIpc) is 2.59. The molecular weight excluding hydrogens is 269 g/mol. The van der Waals surface area contributed by atoms with Gasteiger partial charge in [0.2, 0.25) is 0 Å². The fourth-order valence-electron chi connectivity index (χ4n) is 2.51. The lowest BCUT2D eigenvalue weighted by molar-refractivity contribution is -0.143. The minimum absolute atomic E-state index is 0.0826. The molecule has 1 aromatic rings. The first-order valence-electron chi connectivity index (χ1n) is 6.48. The third-order valence-electron chi connectivity index (χ3n) is 3.52. The maximum absolute atomic E-state index is 13.1. The highest BCUT2D eigenvalue weighted by atomic mass is 35.5. The Morgan fingerprint density at radius 2 is 2.21 bits per heavy atom. The highest BCUT2D eigenvalue weighted by Gasteiger charge is 2.27. The molecule has 0 saturated carbocycles. The Hall–Kier alpha value is -1.13. The van der Waals surface area contributed by atoms with Crippen LogP contribution in [0, 0.1) is 5.82 Å². The number of carboxylic acid groups (broad SMARTS) is 1. The Morgan fingerprint density at radius 1 is 1.42 bits per heavy atom. The van der Waals surface area contributed by atoms with Crippen molar-refractivity contribution < 1.29 is 14.3 Å². The molecule has 19 heavy (non-hydrogen) atoms. The van der Waals surface area contributed by atoms with Crippen LogP contribution in [-0.2, 0) is 11.3 Å². The Balaban J connectivity index is 2.13. The van der Waals surface area contributed by atoms with E-state index >= 15 is 0 Å². The van der Waals surface area contributed by atoms with E-state index in [-0.39, 0.29) is 5.02 Å². The number of carboxylic acids is 1. The van der Waals surface area contributed by atoms with Crippen LogP contribution in [-0.4, -0.2) is 28.6 Å². The second-order valence-corrected chi connectivity index (χ2v) is 5.33. The van der Waals surface area contributed by atoms with Crippen molar-refractivity contribution in [1.29, 1.82) is 0 Å². The number of halogens is 2. The molecule has 1 aliphatic rings. The monoisotopic (exact) mass is 285 g/mol. The zero-order valence-corrected chi connectivity index (χ0v) is 11.4. The Labute approximate surface area is 117 Å². The molecule has 0 bridgehead atoms. The van der Waals surface area contributed by atoms with Crippen LogP contribution in [0.2, 0.25) is 5.02 Å². The molecule has 2 rings (SSSR count).